The fourth-order valence-corrected chi connectivity index (χ4v) is 2.58. The van der Waals surface area contributed by atoms with E-state index >= 15 is 0 Å². The van der Waals surface area contributed by atoms with Gasteiger partial charge in [-0.2, -0.15) is 5.10 Å². The van der Waals surface area contributed by atoms with E-state index in [2.05, 4.69) is 10.5 Å². The molecule has 0 saturated carbocycles. The normalized spacial score (nSPS) is 10.5. The Hall–Kier alpha value is -2.43. The van der Waals surface area contributed by atoms with Crippen molar-refractivity contribution in [1.82, 2.24) is 9.99 Å². The van der Waals surface area contributed by atoms with Gasteiger partial charge in [0.05, 0.1) is 5.56 Å². The second-order valence-corrected chi connectivity index (χ2v) is 5.42. The highest BCUT2D eigenvalue weighted by Crippen LogP contribution is 2.21. The van der Waals surface area contributed by atoms with Gasteiger partial charge in [-0.05, 0) is 57.0 Å². The van der Waals surface area contributed by atoms with Crippen LogP contribution in [0.1, 0.15) is 48.4 Å². The molecule has 0 unspecified atom stereocenters. The lowest BCUT2D eigenvalue weighted by Crippen LogP contribution is -2.20. The van der Waals surface area contributed by atoms with E-state index in [0.717, 1.165) is 35.6 Å². The summed E-state index contributed by atoms with van der Waals surface area (Å²) in [7, 11) is 0. The van der Waals surface area contributed by atoms with Crippen LogP contribution in [0.2, 0.25) is 0 Å². The first-order valence-electron chi connectivity index (χ1n) is 7.78. The van der Waals surface area contributed by atoms with Crippen molar-refractivity contribution in [1.29, 1.82) is 0 Å². The number of carbonyl (C=O) groups excluding carboxylic acids is 1. The van der Waals surface area contributed by atoms with E-state index < -0.39 is 0 Å². The highest BCUT2D eigenvalue weighted by atomic mass is 19.1. The maximum Gasteiger partial charge on any atom is 0.273 e. The van der Waals surface area contributed by atoms with Crippen molar-refractivity contribution in [3.8, 4) is 5.69 Å². The fourth-order valence-electron chi connectivity index (χ4n) is 2.58. The Balaban J connectivity index is 2.32. The lowest BCUT2D eigenvalue weighted by atomic mass is 10.2. The lowest BCUT2D eigenvalue weighted by Gasteiger charge is -2.09. The van der Waals surface area contributed by atoms with Gasteiger partial charge in [0, 0.05) is 22.8 Å². The van der Waals surface area contributed by atoms with Crippen LogP contribution in [0.5, 0.6) is 0 Å². The molecule has 122 valence electrons. The molecule has 2 aromatic rings. The highest BCUT2D eigenvalue weighted by Gasteiger charge is 2.16. The first-order valence-corrected chi connectivity index (χ1v) is 7.78. The van der Waals surface area contributed by atoms with Crippen molar-refractivity contribution in [3.63, 3.8) is 0 Å². The Morgan fingerprint density at radius 3 is 2.35 bits per heavy atom. The minimum absolute atomic E-state index is 0.231. The minimum Gasteiger partial charge on any atom is -0.318 e. The molecule has 5 heteroatoms. The smallest absolute Gasteiger partial charge is 0.273 e. The quantitative estimate of drug-likeness (QED) is 0.654. The molecule has 0 spiro atoms. The molecular weight excluding hydrogens is 293 g/mol. The average Bonchev–Trinajstić information content (AvgIpc) is 2.84. The summed E-state index contributed by atoms with van der Waals surface area (Å²) in [5.41, 5.74) is 6.68. The van der Waals surface area contributed by atoms with E-state index in [-0.39, 0.29) is 11.7 Å². The Kier molecular flexibility index (Phi) is 5.32. The van der Waals surface area contributed by atoms with Crippen molar-refractivity contribution in [2.75, 3.05) is 0 Å². The third kappa shape index (κ3) is 3.67. The molecule has 1 heterocycles. The van der Waals surface area contributed by atoms with E-state index in [9.17, 15) is 9.18 Å². The number of aryl methyl sites for hydroxylation is 1. The SMILES string of the molecule is CCC(CC)=NNC(=O)c1cc(C)n(-c2ccc(F)cc2)c1C. The number of aromatic nitrogens is 1. The van der Waals surface area contributed by atoms with E-state index in [1.165, 1.54) is 12.1 Å². The third-order valence-electron chi connectivity index (χ3n) is 3.89. The maximum absolute atomic E-state index is 13.1. The molecule has 0 bridgehead atoms. The summed E-state index contributed by atoms with van der Waals surface area (Å²) in [6.45, 7) is 7.80. The predicted molar refractivity (Wildman–Crippen MR) is 90.7 cm³/mol. The van der Waals surface area contributed by atoms with Crippen LogP contribution in [0.3, 0.4) is 0 Å². The van der Waals surface area contributed by atoms with Gasteiger partial charge in [0.15, 0.2) is 0 Å². The number of nitrogens with one attached hydrogen (secondary N) is 1. The zero-order valence-electron chi connectivity index (χ0n) is 14.0. The molecule has 1 N–H and O–H groups in total. The Morgan fingerprint density at radius 2 is 1.78 bits per heavy atom. The van der Waals surface area contributed by atoms with Gasteiger partial charge in [0.2, 0.25) is 0 Å². The molecular formula is C18H22FN3O. The van der Waals surface area contributed by atoms with Crippen molar-refractivity contribution in [2.45, 2.75) is 40.5 Å². The predicted octanol–water partition coefficient (Wildman–Crippen LogP) is 4.14. The van der Waals surface area contributed by atoms with Gasteiger partial charge < -0.3 is 4.57 Å². The summed E-state index contributed by atoms with van der Waals surface area (Å²) in [6.07, 6.45) is 1.62. The van der Waals surface area contributed by atoms with Gasteiger partial charge >= 0.3 is 0 Å². The van der Waals surface area contributed by atoms with Crippen molar-refractivity contribution in [2.24, 2.45) is 5.10 Å². The van der Waals surface area contributed by atoms with Gasteiger partial charge in [-0.3, -0.25) is 4.79 Å². The first-order chi connectivity index (χ1) is 11.0. The minimum atomic E-state index is -0.282. The Labute approximate surface area is 136 Å². The highest BCUT2D eigenvalue weighted by molar-refractivity contribution is 5.97. The fraction of sp³-hybridized carbons (Fsp3) is 0.333. The zero-order valence-corrected chi connectivity index (χ0v) is 14.0. The monoisotopic (exact) mass is 315 g/mol. The number of rotatable bonds is 5. The van der Waals surface area contributed by atoms with E-state index in [0.29, 0.717) is 5.56 Å². The maximum atomic E-state index is 13.1. The van der Waals surface area contributed by atoms with Gasteiger partial charge in [-0.1, -0.05) is 13.8 Å². The number of amides is 1. The lowest BCUT2D eigenvalue weighted by molar-refractivity contribution is 0.0954. The number of halogens is 1. The van der Waals surface area contributed by atoms with Gasteiger partial charge in [-0.25, -0.2) is 9.82 Å². The van der Waals surface area contributed by atoms with Crippen LogP contribution in [0, 0.1) is 19.7 Å². The molecule has 0 radical (unpaired) electrons. The second kappa shape index (κ2) is 7.22. The molecule has 2 rings (SSSR count). The average molecular weight is 315 g/mol. The van der Waals surface area contributed by atoms with Crippen LogP contribution in [-0.2, 0) is 0 Å². The van der Waals surface area contributed by atoms with Crippen LogP contribution in [0.25, 0.3) is 5.69 Å². The molecule has 0 fully saturated rings. The molecule has 0 atom stereocenters. The van der Waals surface area contributed by atoms with Crippen LogP contribution in [-0.4, -0.2) is 16.2 Å². The topological polar surface area (TPSA) is 46.4 Å². The molecule has 0 aliphatic heterocycles. The van der Waals surface area contributed by atoms with E-state index in [4.69, 9.17) is 0 Å². The van der Waals surface area contributed by atoms with Gasteiger partial charge in [0.1, 0.15) is 5.82 Å². The summed E-state index contributed by atoms with van der Waals surface area (Å²) < 4.78 is 15.0. The van der Waals surface area contributed by atoms with Crippen molar-refractivity contribution < 1.29 is 9.18 Å². The summed E-state index contributed by atoms with van der Waals surface area (Å²) in [5, 5.41) is 4.16. The number of carbonyl (C=O) groups is 1. The second-order valence-electron chi connectivity index (χ2n) is 5.42. The summed E-state index contributed by atoms with van der Waals surface area (Å²) in [4.78, 5) is 12.4. The van der Waals surface area contributed by atoms with Crippen molar-refractivity contribution >= 4 is 11.6 Å². The molecule has 4 nitrogen and oxygen atoms in total. The Morgan fingerprint density at radius 1 is 1.17 bits per heavy atom. The molecule has 23 heavy (non-hydrogen) atoms. The van der Waals surface area contributed by atoms with Gasteiger partial charge in [0.25, 0.3) is 5.91 Å². The van der Waals surface area contributed by atoms with Crippen molar-refractivity contribution in [3.05, 3.63) is 53.1 Å². The summed E-state index contributed by atoms with van der Waals surface area (Å²) in [5.74, 6) is -0.513. The van der Waals surface area contributed by atoms with Crippen LogP contribution in [0.4, 0.5) is 4.39 Å². The molecule has 1 aromatic carbocycles. The van der Waals surface area contributed by atoms with Gasteiger partial charge in [-0.15, -0.1) is 0 Å². The van der Waals surface area contributed by atoms with E-state index in [1.807, 2.05) is 38.3 Å². The summed E-state index contributed by atoms with van der Waals surface area (Å²) >= 11 is 0. The number of hydrazone groups is 1. The summed E-state index contributed by atoms with van der Waals surface area (Å²) in [6, 6.07) is 8.03. The van der Waals surface area contributed by atoms with E-state index in [1.54, 1.807) is 12.1 Å². The largest absolute Gasteiger partial charge is 0.318 e. The standard InChI is InChI=1S/C18H22FN3O/c1-5-15(6-2)20-21-18(23)17-11-12(3)22(13(17)4)16-9-7-14(19)8-10-16/h7-11H,5-6H2,1-4H3,(H,21,23). The number of benzene rings is 1. The number of nitrogens with zero attached hydrogens (tertiary/aromatic N) is 2. The van der Waals surface area contributed by atoms with Crippen LogP contribution in [0.15, 0.2) is 35.4 Å². The Bertz CT molecular complexity index is 723. The van der Waals surface area contributed by atoms with Crippen LogP contribution < -0.4 is 5.43 Å². The third-order valence-corrected chi connectivity index (χ3v) is 3.89. The van der Waals surface area contributed by atoms with Crippen LogP contribution >= 0.6 is 0 Å². The molecule has 1 amide bonds. The zero-order chi connectivity index (χ0) is 17.0. The first kappa shape index (κ1) is 16.9. The molecule has 0 aliphatic carbocycles. The molecule has 1 aromatic heterocycles. The number of hydrogen-bond acceptors (Lipinski definition) is 2. The molecule has 0 saturated heterocycles. The molecule has 0 aliphatic rings. The number of hydrogen-bond donors (Lipinski definition) is 1.